The average Bonchev–Trinajstić information content (AvgIpc) is 3.33. The van der Waals surface area contributed by atoms with E-state index >= 15 is 0 Å². The number of amides is 1. The minimum atomic E-state index is -3.73. The second-order valence-electron chi connectivity index (χ2n) is 6.01. The summed E-state index contributed by atoms with van der Waals surface area (Å²) < 4.78 is 26.9. The molecule has 3 aromatic rings. The summed E-state index contributed by atoms with van der Waals surface area (Å²) in [5, 5.41) is 6.60. The Morgan fingerprint density at radius 3 is 2.48 bits per heavy atom. The molecule has 0 bridgehead atoms. The van der Waals surface area contributed by atoms with E-state index in [0.717, 1.165) is 12.0 Å². The fraction of sp³-hybridized carbons (Fsp3) is 0.211. The highest BCUT2D eigenvalue weighted by atomic mass is 32.2. The molecule has 3 rings (SSSR count). The Kier molecular flexibility index (Phi) is 5.98. The lowest BCUT2D eigenvalue weighted by Crippen LogP contribution is -2.30. The Balaban J connectivity index is 1.74. The summed E-state index contributed by atoms with van der Waals surface area (Å²) in [5.74, 6) is -0.262. The van der Waals surface area contributed by atoms with Gasteiger partial charge in [0.25, 0.3) is 15.9 Å². The first-order valence-electron chi connectivity index (χ1n) is 8.33. The molecule has 142 valence electrons. The van der Waals surface area contributed by atoms with Crippen LogP contribution in [0.3, 0.4) is 0 Å². The zero-order valence-corrected chi connectivity index (χ0v) is 17.5. The van der Waals surface area contributed by atoms with Crippen molar-refractivity contribution in [3.05, 3.63) is 68.5 Å². The number of rotatable bonds is 7. The Hall–Kier alpha value is -2.16. The molecule has 0 saturated carbocycles. The maximum Gasteiger partial charge on any atom is 0.264 e. The van der Waals surface area contributed by atoms with E-state index in [0.29, 0.717) is 17.1 Å². The molecule has 1 N–H and O–H groups in total. The Morgan fingerprint density at radius 1 is 1.07 bits per heavy atom. The molecule has 0 aliphatic carbocycles. The molecule has 0 spiro atoms. The smallest absolute Gasteiger partial charge is 0.264 e. The maximum absolute atomic E-state index is 12.9. The molecule has 27 heavy (non-hydrogen) atoms. The number of anilines is 1. The third-order valence-corrected chi connectivity index (χ3v) is 7.73. The third-order valence-electron chi connectivity index (χ3n) is 4.11. The monoisotopic (exact) mass is 420 g/mol. The van der Waals surface area contributed by atoms with Crippen LogP contribution in [0.2, 0.25) is 0 Å². The van der Waals surface area contributed by atoms with Crippen molar-refractivity contribution in [2.45, 2.75) is 18.2 Å². The fourth-order valence-corrected chi connectivity index (χ4v) is 5.36. The molecule has 0 radical (unpaired) electrons. The van der Waals surface area contributed by atoms with E-state index in [-0.39, 0.29) is 10.8 Å². The van der Waals surface area contributed by atoms with Crippen molar-refractivity contribution in [2.75, 3.05) is 17.9 Å². The first-order valence-corrected chi connectivity index (χ1v) is 11.5. The number of sulfonamides is 1. The summed E-state index contributed by atoms with van der Waals surface area (Å²) in [6.07, 6.45) is 0.752. The first-order chi connectivity index (χ1) is 12.9. The van der Waals surface area contributed by atoms with Crippen LogP contribution in [0.5, 0.6) is 0 Å². The third kappa shape index (κ3) is 4.40. The van der Waals surface area contributed by atoms with Crippen molar-refractivity contribution >= 4 is 44.3 Å². The number of nitrogens with zero attached hydrogens (tertiary/aromatic N) is 1. The van der Waals surface area contributed by atoms with Gasteiger partial charge in [0.1, 0.15) is 4.88 Å². The minimum absolute atomic E-state index is 0.200. The van der Waals surface area contributed by atoms with Gasteiger partial charge in [0.2, 0.25) is 0 Å². The molecule has 2 aromatic heterocycles. The van der Waals surface area contributed by atoms with Crippen molar-refractivity contribution < 1.29 is 13.2 Å². The zero-order chi connectivity index (χ0) is 19.4. The highest BCUT2D eigenvalue weighted by molar-refractivity contribution is 7.92. The fourth-order valence-electron chi connectivity index (χ4n) is 2.55. The van der Waals surface area contributed by atoms with Gasteiger partial charge in [-0.2, -0.15) is 0 Å². The van der Waals surface area contributed by atoms with Gasteiger partial charge in [-0.1, -0.05) is 23.8 Å². The summed E-state index contributed by atoms with van der Waals surface area (Å²) >= 11 is 2.88. The number of carbonyl (C=O) groups excluding carboxylic acids is 1. The molecular weight excluding hydrogens is 400 g/mol. The van der Waals surface area contributed by atoms with Gasteiger partial charge in [-0.15, -0.1) is 22.7 Å². The van der Waals surface area contributed by atoms with Gasteiger partial charge in [-0.25, -0.2) is 8.42 Å². The summed E-state index contributed by atoms with van der Waals surface area (Å²) in [7, 11) is -2.26. The molecule has 0 aliphatic heterocycles. The standard InChI is InChI=1S/C19H20N2O3S3/c1-14-5-7-16(8-6-14)27(23,24)21(2)17-10-13-26-18(17)19(22)20-11-9-15-4-3-12-25-15/h3-8,10,12-13H,9,11H2,1-2H3,(H,20,22). The van der Waals surface area contributed by atoms with Crippen molar-refractivity contribution in [1.29, 1.82) is 0 Å². The number of hydrogen-bond donors (Lipinski definition) is 1. The lowest BCUT2D eigenvalue weighted by molar-refractivity contribution is 0.0959. The molecule has 0 aliphatic rings. The van der Waals surface area contributed by atoms with Crippen molar-refractivity contribution in [2.24, 2.45) is 0 Å². The van der Waals surface area contributed by atoms with E-state index in [1.54, 1.807) is 47.0 Å². The minimum Gasteiger partial charge on any atom is -0.351 e. The van der Waals surface area contributed by atoms with Gasteiger partial charge in [0, 0.05) is 18.5 Å². The molecular formula is C19H20N2O3S3. The highest BCUT2D eigenvalue weighted by Gasteiger charge is 2.26. The van der Waals surface area contributed by atoms with Gasteiger partial charge in [0.15, 0.2) is 0 Å². The molecule has 1 amide bonds. The predicted octanol–water partition coefficient (Wildman–Crippen LogP) is 3.92. The van der Waals surface area contributed by atoms with Gasteiger partial charge >= 0.3 is 0 Å². The molecule has 0 fully saturated rings. The van der Waals surface area contributed by atoms with Crippen molar-refractivity contribution in [3.8, 4) is 0 Å². The Morgan fingerprint density at radius 2 is 1.81 bits per heavy atom. The lowest BCUT2D eigenvalue weighted by Gasteiger charge is -2.20. The molecule has 8 heteroatoms. The summed E-state index contributed by atoms with van der Waals surface area (Å²) in [4.78, 5) is 14.3. The van der Waals surface area contributed by atoms with Crippen LogP contribution in [0.15, 0.2) is 58.1 Å². The Bertz CT molecular complexity index is 1010. The second-order valence-corrected chi connectivity index (χ2v) is 9.92. The number of nitrogens with one attached hydrogen (secondary N) is 1. The highest BCUT2D eigenvalue weighted by Crippen LogP contribution is 2.29. The van der Waals surface area contributed by atoms with Gasteiger partial charge < -0.3 is 5.32 Å². The number of benzene rings is 1. The molecule has 0 unspecified atom stereocenters. The number of thiophene rings is 2. The average molecular weight is 421 g/mol. The van der Waals surface area contributed by atoms with E-state index in [2.05, 4.69) is 5.32 Å². The maximum atomic E-state index is 12.9. The van der Waals surface area contributed by atoms with Crippen LogP contribution < -0.4 is 9.62 Å². The van der Waals surface area contributed by atoms with E-state index < -0.39 is 10.0 Å². The van der Waals surface area contributed by atoms with Gasteiger partial charge in [-0.3, -0.25) is 9.10 Å². The summed E-state index contributed by atoms with van der Waals surface area (Å²) in [6.45, 7) is 2.41. The van der Waals surface area contributed by atoms with Crippen LogP contribution >= 0.6 is 22.7 Å². The molecule has 0 atom stereocenters. The van der Waals surface area contributed by atoms with Crippen molar-refractivity contribution in [1.82, 2.24) is 5.32 Å². The lowest BCUT2D eigenvalue weighted by atomic mass is 10.2. The van der Waals surface area contributed by atoms with Crippen LogP contribution in [0, 0.1) is 6.92 Å². The van der Waals surface area contributed by atoms with Crippen LogP contribution in [-0.2, 0) is 16.4 Å². The number of carbonyl (C=O) groups is 1. The molecule has 0 saturated heterocycles. The van der Waals surface area contributed by atoms with Gasteiger partial charge in [0.05, 0.1) is 10.6 Å². The quantitative estimate of drug-likeness (QED) is 0.630. The first kappa shape index (κ1) is 19.6. The van der Waals surface area contributed by atoms with Crippen LogP contribution in [0.1, 0.15) is 20.1 Å². The summed E-state index contributed by atoms with van der Waals surface area (Å²) in [5.41, 5.74) is 1.37. The largest absolute Gasteiger partial charge is 0.351 e. The normalized spacial score (nSPS) is 11.3. The van der Waals surface area contributed by atoms with E-state index in [9.17, 15) is 13.2 Å². The molecule has 5 nitrogen and oxygen atoms in total. The van der Waals surface area contributed by atoms with E-state index in [1.165, 1.54) is 27.6 Å². The molecule has 2 heterocycles. The van der Waals surface area contributed by atoms with E-state index in [1.807, 2.05) is 24.4 Å². The summed E-state index contributed by atoms with van der Waals surface area (Å²) in [6, 6.07) is 12.3. The predicted molar refractivity (Wildman–Crippen MR) is 111 cm³/mol. The SMILES string of the molecule is Cc1ccc(S(=O)(=O)N(C)c2ccsc2C(=O)NCCc2cccs2)cc1. The van der Waals surface area contributed by atoms with E-state index in [4.69, 9.17) is 0 Å². The number of aryl methyl sites for hydroxylation is 1. The van der Waals surface area contributed by atoms with Crippen molar-refractivity contribution in [3.63, 3.8) is 0 Å². The van der Waals surface area contributed by atoms with Crippen LogP contribution in [-0.4, -0.2) is 27.9 Å². The second kappa shape index (κ2) is 8.24. The Labute approximate surface area is 167 Å². The molecule has 1 aromatic carbocycles. The number of hydrogen-bond acceptors (Lipinski definition) is 5. The zero-order valence-electron chi connectivity index (χ0n) is 15.0. The van der Waals surface area contributed by atoms with Crippen LogP contribution in [0.4, 0.5) is 5.69 Å². The topological polar surface area (TPSA) is 66.5 Å². The van der Waals surface area contributed by atoms with Crippen LogP contribution in [0.25, 0.3) is 0 Å². The van der Waals surface area contributed by atoms with Gasteiger partial charge in [-0.05, 0) is 48.4 Å².